The van der Waals surface area contributed by atoms with Crippen LogP contribution in [0.15, 0.2) is 18.7 Å². The zero-order valence-corrected chi connectivity index (χ0v) is 21.8. The summed E-state index contributed by atoms with van der Waals surface area (Å²) in [7, 11) is -0.421. The van der Waals surface area contributed by atoms with Crippen LogP contribution in [0.4, 0.5) is 14.7 Å². The first-order valence-electron chi connectivity index (χ1n) is 10.8. The van der Waals surface area contributed by atoms with Gasteiger partial charge in [-0.05, 0) is 6.92 Å². The Bertz CT molecular complexity index is 1370. The molecular formula is C20H23ClF2N8O5S. The molecule has 0 radical (unpaired) electrons. The maximum atomic E-state index is 14.4. The van der Waals surface area contributed by atoms with E-state index < -0.39 is 45.1 Å². The fraction of sp³-hybridized carbons (Fsp3) is 0.500. The quantitative estimate of drug-likeness (QED) is 0.388. The van der Waals surface area contributed by atoms with Crippen LogP contribution < -0.4 is 14.2 Å². The number of anilines is 1. The van der Waals surface area contributed by atoms with Crippen LogP contribution in [0.5, 0.6) is 11.8 Å². The van der Waals surface area contributed by atoms with Crippen molar-refractivity contribution < 1.29 is 31.4 Å². The number of methoxy groups -OCH3 is 3. The predicted octanol–water partition coefficient (Wildman–Crippen LogP) is 2.40. The Morgan fingerprint density at radius 3 is 2.14 bits per heavy atom. The van der Waals surface area contributed by atoms with Gasteiger partial charge in [0.2, 0.25) is 27.7 Å². The van der Waals surface area contributed by atoms with E-state index in [2.05, 4.69) is 34.9 Å². The second-order valence-corrected chi connectivity index (χ2v) is 10.6. The van der Waals surface area contributed by atoms with Crippen molar-refractivity contribution in [3.63, 3.8) is 0 Å². The van der Waals surface area contributed by atoms with Gasteiger partial charge >= 0.3 is 0 Å². The molecule has 3 aromatic rings. The van der Waals surface area contributed by atoms with E-state index in [-0.39, 0.29) is 34.1 Å². The predicted molar refractivity (Wildman–Crippen MR) is 126 cm³/mol. The van der Waals surface area contributed by atoms with Crippen LogP contribution in [0.2, 0.25) is 5.02 Å². The maximum absolute atomic E-state index is 14.4. The third-order valence-electron chi connectivity index (χ3n) is 6.04. The molecule has 1 saturated carbocycles. The van der Waals surface area contributed by atoms with Gasteiger partial charge in [0.1, 0.15) is 23.5 Å². The second kappa shape index (κ2) is 9.90. The molecule has 1 aliphatic carbocycles. The molecule has 3 aromatic heterocycles. The number of hydrogen-bond donors (Lipinski definition) is 1. The number of rotatable bonds is 10. The molecule has 200 valence electrons. The van der Waals surface area contributed by atoms with Gasteiger partial charge in [-0.15, -0.1) is 10.2 Å². The van der Waals surface area contributed by atoms with Gasteiger partial charge in [-0.1, -0.05) is 18.5 Å². The van der Waals surface area contributed by atoms with Gasteiger partial charge in [0, 0.05) is 25.4 Å². The SMILES string of the molecule is COc1ncnc(OC)c1-n1c(NS(=O)(=O)C(C)C(OC)c2ncc(Cl)cn2)nnc1[C@H]1[C@@H](C)C1(F)F. The van der Waals surface area contributed by atoms with E-state index in [1.165, 1.54) is 47.6 Å². The lowest BCUT2D eigenvalue weighted by atomic mass is 10.2. The zero-order chi connectivity index (χ0) is 27.1. The third kappa shape index (κ3) is 4.75. The minimum atomic E-state index is -4.31. The fourth-order valence-electron chi connectivity index (χ4n) is 3.86. The maximum Gasteiger partial charge on any atom is 0.261 e. The molecule has 0 bridgehead atoms. The second-order valence-electron chi connectivity index (χ2n) is 8.17. The number of alkyl halides is 2. The van der Waals surface area contributed by atoms with E-state index >= 15 is 0 Å². The summed E-state index contributed by atoms with van der Waals surface area (Å²) in [6.07, 6.45) is 2.64. The normalized spacial score (nSPS) is 20.2. The molecule has 4 atom stereocenters. The molecule has 2 unspecified atom stereocenters. The number of ether oxygens (including phenoxy) is 3. The Labute approximate surface area is 215 Å². The van der Waals surface area contributed by atoms with Gasteiger partial charge in [0.15, 0.2) is 11.5 Å². The average Bonchev–Trinajstić information content (AvgIpc) is 3.15. The largest absolute Gasteiger partial charge is 0.479 e. The Balaban J connectivity index is 1.80. The van der Waals surface area contributed by atoms with Gasteiger partial charge in [0.25, 0.3) is 5.92 Å². The lowest BCUT2D eigenvalue weighted by molar-refractivity contribution is 0.0949. The van der Waals surface area contributed by atoms with Crippen molar-refractivity contribution in [1.29, 1.82) is 0 Å². The average molecular weight is 561 g/mol. The van der Waals surface area contributed by atoms with Gasteiger partial charge < -0.3 is 14.2 Å². The van der Waals surface area contributed by atoms with E-state index in [1.807, 2.05) is 0 Å². The monoisotopic (exact) mass is 560 g/mol. The summed E-state index contributed by atoms with van der Waals surface area (Å²) in [5.74, 6) is -6.23. The van der Waals surface area contributed by atoms with Crippen LogP contribution in [-0.2, 0) is 14.8 Å². The Morgan fingerprint density at radius 2 is 1.65 bits per heavy atom. The molecule has 0 saturated heterocycles. The molecular weight excluding hydrogens is 538 g/mol. The van der Waals surface area contributed by atoms with E-state index in [1.54, 1.807) is 0 Å². The lowest BCUT2D eigenvalue weighted by Gasteiger charge is -2.22. The van der Waals surface area contributed by atoms with Gasteiger partial charge in [-0.2, -0.15) is 9.97 Å². The molecule has 0 spiro atoms. The summed E-state index contributed by atoms with van der Waals surface area (Å²) in [6.45, 7) is 2.71. The van der Waals surface area contributed by atoms with Crippen molar-refractivity contribution in [2.24, 2.45) is 5.92 Å². The van der Waals surface area contributed by atoms with Crippen LogP contribution in [0.1, 0.15) is 37.5 Å². The first kappa shape index (κ1) is 26.8. The molecule has 0 amide bonds. The zero-order valence-electron chi connectivity index (χ0n) is 20.3. The molecule has 17 heteroatoms. The standard InChI is InChI=1S/C20H23ClF2N8O5S/c1-9-12(20(9,22)23)16-28-29-19(31(16)13-17(35-4)26-8-27-18(13)36-5)30-37(32,33)10(2)14(34-3)15-24-6-11(21)7-25-15/h6-10,12,14H,1-5H3,(H,29,30)/t9-,10?,12-,14?/m1/s1. The van der Waals surface area contributed by atoms with E-state index in [0.29, 0.717) is 0 Å². The summed E-state index contributed by atoms with van der Waals surface area (Å²) < 4.78 is 75.0. The number of sulfonamides is 1. The summed E-state index contributed by atoms with van der Waals surface area (Å²) in [6, 6.07) is 0. The van der Waals surface area contributed by atoms with Crippen LogP contribution in [-0.4, -0.2) is 75.6 Å². The van der Waals surface area contributed by atoms with Crippen LogP contribution in [0, 0.1) is 5.92 Å². The van der Waals surface area contributed by atoms with E-state index in [9.17, 15) is 17.2 Å². The van der Waals surface area contributed by atoms with E-state index in [0.717, 1.165) is 10.9 Å². The van der Waals surface area contributed by atoms with Crippen molar-refractivity contribution in [3.8, 4) is 17.4 Å². The molecule has 1 N–H and O–H groups in total. The summed E-state index contributed by atoms with van der Waals surface area (Å²) in [4.78, 5) is 16.1. The first-order chi connectivity index (χ1) is 17.5. The Hall–Kier alpha value is -3.24. The molecule has 0 aliphatic heterocycles. The number of aromatic nitrogens is 7. The van der Waals surface area contributed by atoms with E-state index in [4.69, 9.17) is 25.8 Å². The summed E-state index contributed by atoms with van der Waals surface area (Å²) in [5, 5.41) is 6.75. The van der Waals surface area contributed by atoms with Crippen molar-refractivity contribution in [3.05, 3.63) is 35.4 Å². The highest BCUT2D eigenvalue weighted by atomic mass is 35.5. The smallest absolute Gasteiger partial charge is 0.261 e. The van der Waals surface area contributed by atoms with Crippen LogP contribution >= 0.6 is 11.6 Å². The van der Waals surface area contributed by atoms with Crippen molar-refractivity contribution in [2.45, 2.75) is 37.0 Å². The first-order valence-corrected chi connectivity index (χ1v) is 12.7. The van der Waals surface area contributed by atoms with Gasteiger partial charge in [-0.25, -0.2) is 27.2 Å². The van der Waals surface area contributed by atoms with Crippen molar-refractivity contribution in [1.82, 2.24) is 34.7 Å². The Kier molecular flexibility index (Phi) is 7.18. The number of nitrogens with one attached hydrogen (secondary N) is 1. The molecule has 13 nitrogen and oxygen atoms in total. The van der Waals surface area contributed by atoms with Gasteiger partial charge in [-0.3, -0.25) is 9.29 Å². The molecule has 3 heterocycles. The minimum absolute atomic E-state index is 0.0583. The topological polar surface area (TPSA) is 156 Å². The highest BCUT2D eigenvalue weighted by molar-refractivity contribution is 7.93. The summed E-state index contributed by atoms with van der Waals surface area (Å²) in [5.41, 5.74) is -0.0583. The van der Waals surface area contributed by atoms with Crippen LogP contribution in [0.25, 0.3) is 5.69 Å². The molecule has 1 aliphatic rings. The molecule has 0 aromatic carbocycles. The lowest BCUT2D eigenvalue weighted by Crippen LogP contribution is -2.33. The molecule has 1 fully saturated rings. The highest BCUT2D eigenvalue weighted by Crippen LogP contribution is 2.61. The fourth-order valence-corrected chi connectivity index (χ4v) is 5.08. The molecule has 37 heavy (non-hydrogen) atoms. The van der Waals surface area contributed by atoms with Crippen molar-refractivity contribution >= 4 is 27.6 Å². The van der Waals surface area contributed by atoms with Crippen molar-refractivity contribution in [2.75, 3.05) is 26.1 Å². The highest BCUT2D eigenvalue weighted by Gasteiger charge is 2.68. The minimum Gasteiger partial charge on any atom is -0.479 e. The number of hydrogen-bond acceptors (Lipinski definition) is 11. The van der Waals surface area contributed by atoms with Crippen LogP contribution in [0.3, 0.4) is 0 Å². The summed E-state index contributed by atoms with van der Waals surface area (Å²) >= 11 is 5.83. The third-order valence-corrected chi connectivity index (χ3v) is 7.93. The molecule has 4 rings (SSSR count). The number of nitrogens with zero attached hydrogens (tertiary/aromatic N) is 7. The Morgan fingerprint density at radius 1 is 1.08 bits per heavy atom. The van der Waals surface area contributed by atoms with Gasteiger partial charge in [0.05, 0.1) is 25.2 Å². The number of halogens is 3.